The Labute approximate surface area is 159 Å². The Balaban J connectivity index is 1.55. The van der Waals surface area contributed by atoms with Gasteiger partial charge in [-0.05, 0) is 42.8 Å². The fourth-order valence-electron chi connectivity index (χ4n) is 2.45. The zero-order chi connectivity index (χ0) is 19.2. The maximum atomic E-state index is 13.8. The number of nitrogens with one attached hydrogen (secondary N) is 1. The number of hydrogen-bond donors (Lipinski definition) is 1. The lowest BCUT2D eigenvalue weighted by molar-refractivity contribution is -0.116. The summed E-state index contributed by atoms with van der Waals surface area (Å²) in [5.41, 5.74) is 2.22. The van der Waals surface area contributed by atoms with Crippen molar-refractivity contribution in [2.24, 2.45) is 0 Å². The summed E-state index contributed by atoms with van der Waals surface area (Å²) in [6, 6.07) is 12.9. The Bertz CT molecular complexity index is 954. The molecule has 2 aromatic carbocycles. The monoisotopic (exact) mass is 384 g/mol. The molecule has 1 N–H and O–H groups in total. The summed E-state index contributed by atoms with van der Waals surface area (Å²) in [5, 5.41) is 5.20. The molecule has 1 heterocycles. The van der Waals surface area contributed by atoms with E-state index < -0.39 is 5.97 Å². The maximum absolute atomic E-state index is 13.8. The fraction of sp³-hybridized carbons (Fsp3) is 0.150. The van der Waals surface area contributed by atoms with Gasteiger partial charge in [0.25, 0.3) is 0 Å². The molecule has 0 fully saturated rings. The van der Waals surface area contributed by atoms with Crippen LogP contribution in [0.15, 0.2) is 53.9 Å². The van der Waals surface area contributed by atoms with Crippen molar-refractivity contribution in [1.29, 1.82) is 0 Å². The number of benzene rings is 2. The second-order valence-electron chi connectivity index (χ2n) is 5.74. The number of carbonyl (C=O) groups is 2. The number of aromatic nitrogens is 1. The number of anilines is 1. The van der Waals surface area contributed by atoms with Gasteiger partial charge in [0.05, 0.1) is 18.4 Å². The first-order chi connectivity index (χ1) is 13.1. The van der Waals surface area contributed by atoms with Crippen LogP contribution in [0.3, 0.4) is 0 Å². The van der Waals surface area contributed by atoms with Crippen LogP contribution in [0.2, 0.25) is 0 Å². The quantitative estimate of drug-likeness (QED) is 0.643. The fourth-order valence-corrected chi connectivity index (χ4v) is 3.33. The molecule has 0 atom stereocenters. The van der Waals surface area contributed by atoms with Crippen LogP contribution in [0.25, 0.3) is 10.6 Å². The molecule has 5 nitrogen and oxygen atoms in total. The second-order valence-corrected chi connectivity index (χ2v) is 6.60. The molecule has 0 radical (unpaired) electrons. The molecule has 1 aromatic heterocycles. The van der Waals surface area contributed by atoms with Crippen molar-refractivity contribution < 1.29 is 18.7 Å². The van der Waals surface area contributed by atoms with E-state index in [-0.39, 0.29) is 18.1 Å². The number of nitrogens with zero attached hydrogens (tertiary/aromatic N) is 1. The number of methoxy groups -OCH3 is 1. The highest BCUT2D eigenvalue weighted by atomic mass is 32.1. The zero-order valence-corrected chi connectivity index (χ0v) is 15.4. The Hall–Kier alpha value is -3.06. The summed E-state index contributed by atoms with van der Waals surface area (Å²) < 4.78 is 18.4. The number of thiazole rings is 1. The van der Waals surface area contributed by atoms with Gasteiger partial charge >= 0.3 is 5.97 Å². The molecule has 0 saturated heterocycles. The van der Waals surface area contributed by atoms with Crippen LogP contribution in [0, 0.1) is 5.82 Å². The first-order valence-corrected chi connectivity index (χ1v) is 9.12. The molecular weight excluding hydrogens is 367 g/mol. The van der Waals surface area contributed by atoms with E-state index in [4.69, 9.17) is 0 Å². The minimum atomic E-state index is -0.429. The Morgan fingerprint density at radius 2 is 1.89 bits per heavy atom. The number of aryl methyl sites for hydroxylation is 1. The SMILES string of the molecule is COC(=O)c1ccc(NC(=O)CCc2csc(-c3ccccc3F)n2)cc1. The molecule has 0 bridgehead atoms. The molecule has 0 spiro atoms. The summed E-state index contributed by atoms with van der Waals surface area (Å²) in [7, 11) is 1.31. The van der Waals surface area contributed by atoms with Gasteiger partial charge in [0.1, 0.15) is 10.8 Å². The van der Waals surface area contributed by atoms with Crippen molar-refractivity contribution >= 4 is 28.9 Å². The number of esters is 1. The van der Waals surface area contributed by atoms with E-state index in [1.807, 2.05) is 5.38 Å². The molecule has 1 amide bonds. The van der Waals surface area contributed by atoms with Crippen molar-refractivity contribution in [3.05, 3.63) is 71.0 Å². The van der Waals surface area contributed by atoms with Crippen molar-refractivity contribution in [2.75, 3.05) is 12.4 Å². The van der Waals surface area contributed by atoms with Crippen LogP contribution in [0.4, 0.5) is 10.1 Å². The minimum absolute atomic E-state index is 0.166. The third kappa shape index (κ3) is 4.77. The van der Waals surface area contributed by atoms with E-state index in [0.717, 1.165) is 5.69 Å². The normalized spacial score (nSPS) is 10.4. The van der Waals surface area contributed by atoms with E-state index in [1.54, 1.807) is 42.5 Å². The number of carbonyl (C=O) groups excluding carboxylic acids is 2. The van der Waals surface area contributed by atoms with Crippen LogP contribution in [-0.2, 0) is 16.0 Å². The van der Waals surface area contributed by atoms with Gasteiger partial charge in [-0.3, -0.25) is 4.79 Å². The van der Waals surface area contributed by atoms with Crippen molar-refractivity contribution in [1.82, 2.24) is 4.98 Å². The van der Waals surface area contributed by atoms with E-state index in [2.05, 4.69) is 15.0 Å². The predicted molar refractivity (Wildman–Crippen MR) is 102 cm³/mol. The van der Waals surface area contributed by atoms with Crippen molar-refractivity contribution in [3.63, 3.8) is 0 Å². The first kappa shape index (κ1) is 18.7. The Morgan fingerprint density at radius 1 is 1.15 bits per heavy atom. The number of amides is 1. The van der Waals surface area contributed by atoms with E-state index in [0.29, 0.717) is 28.2 Å². The molecule has 0 aliphatic rings. The molecule has 3 rings (SSSR count). The van der Waals surface area contributed by atoms with Gasteiger partial charge in [-0.2, -0.15) is 0 Å². The predicted octanol–water partition coefficient (Wildman–Crippen LogP) is 4.31. The maximum Gasteiger partial charge on any atom is 0.337 e. The lowest BCUT2D eigenvalue weighted by Gasteiger charge is -2.05. The summed E-state index contributed by atoms with van der Waals surface area (Å²) in [6.45, 7) is 0. The number of ether oxygens (including phenoxy) is 1. The van der Waals surface area contributed by atoms with Crippen LogP contribution >= 0.6 is 11.3 Å². The second kappa shape index (κ2) is 8.55. The smallest absolute Gasteiger partial charge is 0.337 e. The van der Waals surface area contributed by atoms with Gasteiger partial charge in [-0.1, -0.05) is 12.1 Å². The van der Waals surface area contributed by atoms with E-state index >= 15 is 0 Å². The van der Waals surface area contributed by atoms with Crippen LogP contribution in [0.1, 0.15) is 22.5 Å². The molecule has 7 heteroatoms. The molecule has 27 heavy (non-hydrogen) atoms. The Morgan fingerprint density at radius 3 is 2.59 bits per heavy atom. The Kier molecular flexibility index (Phi) is 5.93. The highest BCUT2D eigenvalue weighted by Gasteiger charge is 2.11. The van der Waals surface area contributed by atoms with Gasteiger partial charge in [0, 0.05) is 23.1 Å². The molecule has 138 valence electrons. The minimum Gasteiger partial charge on any atom is -0.465 e. The summed E-state index contributed by atoms with van der Waals surface area (Å²) in [5.74, 6) is -0.908. The van der Waals surface area contributed by atoms with Gasteiger partial charge in [0.15, 0.2) is 0 Å². The third-order valence-corrected chi connectivity index (χ3v) is 4.78. The molecule has 0 aliphatic carbocycles. The summed E-state index contributed by atoms with van der Waals surface area (Å²) in [4.78, 5) is 27.9. The molecule has 3 aromatic rings. The number of halogens is 1. The van der Waals surface area contributed by atoms with Gasteiger partial charge in [-0.25, -0.2) is 14.2 Å². The van der Waals surface area contributed by atoms with Gasteiger partial charge in [-0.15, -0.1) is 11.3 Å². The molecular formula is C20H17FN2O3S. The summed E-state index contributed by atoms with van der Waals surface area (Å²) >= 11 is 1.35. The van der Waals surface area contributed by atoms with Crippen molar-refractivity contribution in [2.45, 2.75) is 12.8 Å². The standard InChI is InChI=1S/C20H17FN2O3S/c1-26-20(25)13-6-8-14(9-7-13)22-18(24)11-10-15-12-27-19(23-15)16-4-2-3-5-17(16)21/h2-9,12H,10-11H2,1H3,(H,22,24). The van der Waals surface area contributed by atoms with Crippen LogP contribution in [-0.4, -0.2) is 24.0 Å². The van der Waals surface area contributed by atoms with Gasteiger partial charge < -0.3 is 10.1 Å². The zero-order valence-electron chi connectivity index (χ0n) is 14.6. The largest absolute Gasteiger partial charge is 0.465 e. The average molecular weight is 384 g/mol. The van der Waals surface area contributed by atoms with E-state index in [9.17, 15) is 14.0 Å². The average Bonchev–Trinajstić information content (AvgIpc) is 3.15. The first-order valence-electron chi connectivity index (χ1n) is 8.24. The molecule has 0 unspecified atom stereocenters. The topological polar surface area (TPSA) is 68.3 Å². The number of hydrogen-bond acceptors (Lipinski definition) is 5. The van der Waals surface area contributed by atoms with Crippen LogP contribution in [0.5, 0.6) is 0 Å². The highest BCUT2D eigenvalue weighted by Crippen LogP contribution is 2.26. The van der Waals surface area contributed by atoms with Gasteiger partial charge in [0.2, 0.25) is 5.91 Å². The summed E-state index contributed by atoms with van der Waals surface area (Å²) in [6.07, 6.45) is 0.705. The lowest BCUT2D eigenvalue weighted by Crippen LogP contribution is -2.12. The van der Waals surface area contributed by atoms with E-state index in [1.165, 1.54) is 24.5 Å². The highest BCUT2D eigenvalue weighted by molar-refractivity contribution is 7.13. The molecule has 0 aliphatic heterocycles. The van der Waals surface area contributed by atoms with Crippen LogP contribution < -0.4 is 5.32 Å². The number of rotatable bonds is 6. The third-order valence-electron chi connectivity index (χ3n) is 3.85. The lowest BCUT2D eigenvalue weighted by atomic mass is 10.2. The molecule has 0 saturated carbocycles. The van der Waals surface area contributed by atoms with Crippen molar-refractivity contribution in [3.8, 4) is 10.6 Å².